The Labute approximate surface area is 199 Å². The molecule has 0 bridgehead atoms. The number of hydrogen-bond donors (Lipinski definition) is 1. The molecule has 0 spiro atoms. The molecule has 7 heteroatoms. The summed E-state index contributed by atoms with van der Waals surface area (Å²) in [5, 5.41) is 3.92. The monoisotopic (exact) mass is 459 g/mol. The largest absolute Gasteiger partial charge is 0.486 e. The molecule has 0 radical (unpaired) electrons. The molecule has 1 saturated heterocycles. The third-order valence-corrected chi connectivity index (χ3v) is 6.90. The van der Waals surface area contributed by atoms with Crippen LogP contribution in [0.2, 0.25) is 0 Å². The molecule has 1 amide bonds. The second-order valence-corrected chi connectivity index (χ2v) is 9.60. The minimum absolute atomic E-state index is 0.00532. The number of ether oxygens (including phenoxy) is 3. The fourth-order valence-electron chi connectivity index (χ4n) is 5.33. The summed E-state index contributed by atoms with van der Waals surface area (Å²) in [5.74, 6) is 2.84. The molecule has 1 fully saturated rings. The molecule has 6 rings (SSSR count). The summed E-state index contributed by atoms with van der Waals surface area (Å²) in [5.41, 5.74) is 3.95. The molecule has 2 atom stereocenters. The fraction of sp³-hybridized carbons (Fsp3) is 0.407. The van der Waals surface area contributed by atoms with Gasteiger partial charge in [-0.1, -0.05) is 6.07 Å². The molecule has 3 aliphatic heterocycles. The number of aryl methyl sites for hydroxylation is 1. The van der Waals surface area contributed by atoms with E-state index in [1.165, 1.54) is 18.4 Å². The van der Waals surface area contributed by atoms with Crippen LogP contribution in [0, 0.1) is 12.8 Å². The number of anilines is 1. The van der Waals surface area contributed by atoms with Crippen LogP contribution < -0.4 is 19.5 Å². The average Bonchev–Trinajstić information content (AvgIpc) is 2.83. The third-order valence-electron chi connectivity index (χ3n) is 6.90. The van der Waals surface area contributed by atoms with Crippen LogP contribution in [0.1, 0.15) is 24.1 Å². The number of pyridine rings is 1. The predicted octanol–water partition coefficient (Wildman–Crippen LogP) is 3.97. The maximum Gasteiger partial charge on any atom is 0.262 e. The highest BCUT2D eigenvalue weighted by atomic mass is 16.6. The number of piperidine rings is 1. The van der Waals surface area contributed by atoms with E-state index in [0.29, 0.717) is 12.5 Å². The van der Waals surface area contributed by atoms with Crippen molar-refractivity contribution in [1.82, 2.24) is 9.88 Å². The van der Waals surface area contributed by atoms with Crippen molar-refractivity contribution in [3.05, 3.63) is 53.7 Å². The fourth-order valence-corrected chi connectivity index (χ4v) is 5.33. The Morgan fingerprint density at radius 3 is 2.97 bits per heavy atom. The molecule has 7 nitrogen and oxygen atoms in total. The molecular formula is C27H29N3O4. The minimum Gasteiger partial charge on any atom is -0.486 e. The average molecular weight is 460 g/mol. The first-order valence-corrected chi connectivity index (χ1v) is 12.1. The van der Waals surface area contributed by atoms with Gasteiger partial charge in [-0.25, -0.2) is 0 Å². The molecule has 0 aliphatic carbocycles. The summed E-state index contributed by atoms with van der Waals surface area (Å²) in [6.07, 6.45) is 3.36. The number of aromatic nitrogens is 1. The summed E-state index contributed by atoms with van der Waals surface area (Å²) in [7, 11) is 0. The van der Waals surface area contributed by atoms with Crippen molar-refractivity contribution < 1.29 is 19.0 Å². The lowest BCUT2D eigenvalue weighted by molar-refractivity contribution is -0.118. The second kappa shape index (κ2) is 8.80. The smallest absolute Gasteiger partial charge is 0.262 e. The normalized spacial score (nSPS) is 22.1. The zero-order valence-corrected chi connectivity index (χ0v) is 19.4. The van der Waals surface area contributed by atoms with Gasteiger partial charge in [-0.2, -0.15) is 0 Å². The van der Waals surface area contributed by atoms with Crippen molar-refractivity contribution in [3.63, 3.8) is 0 Å². The van der Waals surface area contributed by atoms with E-state index in [0.717, 1.165) is 65.6 Å². The zero-order valence-electron chi connectivity index (χ0n) is 19.4. The van der Waals surface area contributed by atoms with E-state index in [9.17, 15) is 4.79 Å². The molecule has 3 aromatic rings. The van der Waals surface area contributed by atoms with Crippen LogP contribution in [0.15, 0.2) is 42.5 Å². The lowest BCUT2D eigenvalue weighted by atomic mass is 9.91. The topological polar surface area (TPSA) is 72.9 Å². The van der Waals surface area contributed by atoms with Gasteiger partial charge in [0.2, 0.25) is 0 Å². The summed E-state index contributed by atoms with van der Waals surface area (Å²) >= 11 is 0. The molecule has 34 heavy (non-hydrogen) atoms. The first kappa shape index (κ1) is 21.2. The van der Waals surface area contributed by atoms with Gasteiger partial charge in [-0.3, -0.25) is 14.7 Å². The molecule has 2 aromatic carbocycles. The van der Waals surface area contributed by atoms with Gasteiger partial charge in [-0.15, -0.1) is 0 Å². The number of amides is 1. The van der Waals surface area contributed by atoms with E-state index in [4.69, 9.17) is 14.2 Å². The molecule has 3 aliphatic rings. The standard InChI is InChI=1S/C27H29N3O4/c1-17-4-6-21-22(28-17)7-9-25-27(21)34-20(15-32-25)14-30-10-2-3-19(13-30)11-18-5-8-24-23(12-18)29-26(31)16-33-24/h4-9,12,19-20H,2-3,10-11,13-16H2,1H3,(H,29,31). The Morgan fingerprint density at radius 1 is 1.12 bits per heavy atom. The van der Waals surface area contributed by atoms with Crippen LogP contribution in [0.5, 0.6) is 17.2 Å². The summed E-state index contributed by atoms with van der Waals surface area (Å²) < 4.78 is 18.0. The summed E-state index contributed by atoms with van der Waals surface area (Å²) in [6, 6.07) is 14.2. The lowest BCUT2D eigenvalue weighted by Gasteiger charge is -2.36. The molecule has 1 aromatic heterocycles. The van der Waals surface area contributed by atoms with Gasteiger partial charge in [0.1, 0.15) is 18.5 Å². The number of nitrogens with zero attached hydrogens (tertiary/aromatic N) is 2. The predicted molar refractivity (Wildman–Crippen MR) is 130 cm³/mol. The maximum absolute atomic E-state index is 11.7. The van der Waals surface area contributed by atoms with Gasteiger partial charge in [0.25, 0.3) is 5.91 Å². The number of rotatable bonds is 4. The van der Waals surface area contributed by atoms with Crippen LogP contribution >= 0.6 is 0 Å². The van der Waals surface area contributed by atoms with Crippen molar-refractivity contribution in [1.29, 1.82) is 0 Å². The molecule has 1 N–H and O–H groups in total. The number of nitrogens with one attached hydrogen (secondary N) is 1. The highest BCUT2D eigenvalue weighted by Crippen LogP contribution is 2.38. The van der Waals surface area contributed by atoms with Gasteiger partial charge in [-0.05, 0) is 80.6 Å². The van der Waals surface area contributed by atoms with E-state index in [1.54, 1.807) is 0 Å². The van der Waals surface area contributed by atoms with Gasteiger partial charge in [0, 0.05) is 24.2 Å². The van der Waals surface area contributed by atoms with E-state index in [2.05, 4.69) is 33.4 Å². The van der Waals surface area contributed by atoms with E-state index >= 15 is 0 Å². The maximum atomic E-state index is 11.7. The number of benzene rings is 2. The Hall–Kier alpha value is -3.32. The third kappa shape index (κ3) is 4.28. The molecule has 2 unspecified atom stereocenters. The number of hydrogen-bond acceptors (Lipinski definition) is 6. The summed E-state index contributed by atoms with van der Waals surface area (Å²) in [6.45, 7) is 5.60. The molecule has 176 valence electrons. The first-order chi connectivity index (χ1) is 16.6. The zero-order chi connectivity index (χ0) is 23.1. The molecule has 4 heterocycles. The SMILES string of the molecule is Cc1ccc2c3c(ccc2n1)OCC(CN1CCCC(Cc2ccc4c(c2)NC(=O)CO4)C1)O3. The minimum atomic E-state index is -0.0940. The molecule has 0 saturated carbocycles. The van der Waals surface area contributed by atoms with Crippen LogP contribution in [0.4, 0.5) is 5.69 Å². The van der Waals surface area contributed by atoms with Crippen molar-refractivity contribution in [2.24, 2.45) is 5.92 Å². The van der Waals surface area contributed by atoms with E-state index in [-0.39, 0.29) is 18.6 Å². The Bertz CT molecular complexity index is 1240. The van der Waals surface area contributed by atoms with Gasteiger partial charge >= 0.3 is 0 Å². The van der Waals surface area contributed by atoms with Crippen molar-refractivity contribution in [2.75, 3.05) is 38.2 Å². The number of likely N-dealkylation sites (tertiary alicyclic amines) is 1. The second-order valence-electron chi connectivity index (χ2n) is 9.60. The highest BCUT2D eigenvalue weighted by Gasteiger charge is 2.28. The van der Waals surface area contributed by atoms with Crippen LogP contribution in [0.25, 0.3) is 10.9 Å². The van der Waals surface area contributed by atoms with Crippen LogP contribution in [-0.2, 0) is 11.2 Å². The van der Waals surface area contributed by atoms with Crippen LogP contribution in [-0.4, -0.2) is 54.7 Å². The van der Waals surface area contributed by atoms with Crippen molar-refractivity contribution in [2.45, 2.75) is 32.3 Å². The van der Waals surface area contributed by atoms with Crippen molar-refractivity contribution >= 4 is 22.5 Å². The highest BCUT2D eigenvalue weighted by molar-refractivity contribution is 5.95. The summed E-state index contributed by atoms with van der Waals surface area (Å²) in [4.78, 5) is 18.8. The Morgan fingerprint density at radius 2 is 2.03 bits per heavy atom. The Balaban J connectivity index is 1.11. The number of fused-ring (bicyclic) bond motifs is 4. The van der Waals surface area contributed by atoms with E-state index in [1.807, 2.05) is 31.2 Å². The number of carbonyl (C=O) groups excluding carboxylic acids is 1. The van der Waals surface area contributed by atoms with Gasteiger partial charge in [0.05, 0.1) is 11.2 Å². The first-order valence-electron chi connectivity index (χ1n) is 12.1. The lowest BCUT2D eigenvalue weighted by Crippen LogP contribution is -2.45. The van der Waals surface area contributed by atoms with Gasteiger partial charge < -0.3 is 19.5 Å². The van der Waals surface area contributed by atoms with E-state index < -0.39 is 0 Å². The molecular weight excluding hydrogens is 430 g/mol. The Kier molecular flexibility index (Phi) is 5.49. The van der Waals surface area contributed by atoms with Gasteiger partial charge in [0.15, 0.2) is 18.1 Å². The number of carbonyl (C=O) groups is 1. The quantitative estimate of drug-likeness (QED) is 0.637. The van der Waals surface area contributed by atoms with Crippen molar-refractivity contribution in [3.8, 4) is 17.2 Å². The van der Waals surface area contributed by atoms with Crippen LogP contribution in [0.3, 0.4) is 0 Å².